The fraction of sp³-hybridized carbons (Fsp3) is 0.457. The molecule has 0 saturated carbocycles. The SMILES string of the molecule is CC.CC.CCCCc1ccc(N2CCN(CC(N)c3ccc(C#N)cc3)CC2)c(C)c1.Cc1ccccc1. The fourth-order valence-corrected chi connectivity index (χ4v) is 4.50. The van der Waals surface area contributed by atoms with Crippen LogP contribution in [-0.2, 0) is 6.42 Å². The normalized spacial score (nSPS) is 13.4. The lowest BCUT2D eigenvalue weighted by Gasteiger charge is -2.38. The first-order chi connectivity index (χ1) is 19.0. The second kappa shape index (κ2) is 19.9. The Kier molecular flexibility index (Phi) is 17.3. The minimum Gasteiger partial charge on any atom is -0.369 e. The Hall–Kier alpha value is -3.13. The number of nitriles is 1. The van der Waals surface area contributed by atoms with Crippen molar-refractivity contribution in [2.75, 3.05) is 37.6 Å². The molecule has 4 nitrogen and oxygen atoms in total. The molecule has 0 amide bonds. The van der Waals surface area contributed by atoms with Crippen molar-refractivity contribution in [2.45, 2.75) is 73.8 Å². The highest BCUT2D eigenvalue weighted by molar-refractivity contribution is 5.55. The first-order valence-electron chi connectivity index (χ1n) is 14.8. The molecule has 1 atom stereocenters. The zero-order chi connectivity index (χ0) is 29.0. The molecular weight excluding hydrogens is 476 g/mol. The Morgan fingerprint density at radius 1 is 0.846 bits per heavy atom. The van der Waals surface area contributed by atoms with Gasteiger partial charge in [0.25, 0.3) is 0 Å². The number of rotatable bonds is 7. The first-order valence-corrected chi connectivity index (χ1v) is 14.8. The predicted octanol–water partition coefficient (Wildman–Crippen LogP) is 8.08. The van der Waals surface area contributed by atoms with Gasteiger partial charge in [-0.25, -0.2) is 0 Å². The van der Waals surface area contributed by atoms with E-state index in [1.165, 1.54) is 41.6 Å². The van der Waals surface area contributed by atoms with Gasteiger partial charge in [-0.3, -0.25) is 4.90 Å². The maximum atomic E-state index is 8.93. The lowest BCUT2D eigenvalue weighted by atomic mass is 10.0. The van der Waals surface area contributed by atoms with E-state index in [1.54, 1.807) is 0 Å². The Labute approximate surface area is 239 Å². The topological polar surface area (TPSA) is 56.3 Å². The standard InChI is InChI=1S/C24H32N4.C7H8.2C2H6/c1-3-4-5-20-8-11-24(19(2)16-20)28-14-12-27(13-15-28)18-23(26)22-9-6-21(17-25)7-10-22;1-7-5-3-2-4-6-7;2*1-2/h6-11,16,23H,3-5,12-15,18,26H2,1-2H3;2-6H,1H3;2*1-2H3. The van der Waals surface area contributed by atoms with E-state index in [4.69, 9.17) is 11.0 Å². The Bertz CT molecular complexity index is 1060. The molecular formula is C35H52N4. The molecule has 3 aromatic rings. The van der Waals surface area contributed by atoms with Crippen LogP contribution in [0, 0.1) is 25.2 Å². The second-order valence-corrected chi connectivity index (χ2v) is 9.51. The van der Waals surface area contributed by atoms with Crippen molar-refractivity contribution in [1.29, 1.82) is 5.26 Å². The van der Waals surface area contributed by atoms with Crippen molar-refractivity contribution in [1.82, 2.24) is 4.90 Å². The maximum Gasteiger partial charge on any atom is 0.0991 e. The molecule has 1 aliphatic rings. The van der Waals surface area contributed by atoms with E-state index in [-0.39, 0.29) is 6.04 Å². The Balaban J connectivity index is 0.000000585. The van der Waals surface area contributed by atoms with Crippen LogP contribution in [0.25, 0.3) is 0 Å². The quantitative estimate of drug-likeness (QED) is 0.337. The summed E-state index contributed by atoms with van der Waals surface area (Å²) in [6, 6.07) is 27.0. The zero-order valence-corrected chi connectivity index (χ0v) is 25.6. The predicted molar refractivity (Wildman–Crippen MR) is 170 cm³/mol. The highest BCUT2D eigenvalue weighted by atomic mass is 15.3. The van der Waals surface area contributed by atoms with Gasteiger partial charge in [-0.05, 0) is 61.6 Å². The van der Waals surface area contributed by atoms with Crippen molar-refractivity contribution >= 4 is 5.69 Å². The summed E-state index contributed by atoms with van der Waals surface area (Å²) < 4.78 is 0. The highest BCUT2D eigenvalue weighted by Gasteiger charge is 2.20. The zero-order valence-electron chi connectivity index (χ0n) is 25.6. The van der Waals surface area contributed by atoms with E-state index in [0.29, 0.717) is 5.56 Å². The number of hydrogen-bond donors (Lipinski definition) is 1. The molecule has 4 rings (SSSR count). The molecule has 0 aromatic heterocycles. The van der Waals surface area contributed by atoms with Crippen molar-refractivity contribution in [2.24, 2.45) is 5.73 Å². The van der Waals surface area contributed by atoms with Crippen LogP contribution in [0.2, 0.25) is 0 Å². The van der Waals surface area contributed by atoms with Crippen LogP contribution in [0.1, 0.15) is 81.3 Å². The van der Waals surface area contributed by atoms with E-state index in [2.05, 4.69) is 67.0 Å². The molecule has 0 aliphatic carbocycles. The largest absolute Gasteiger partial charge is 0.369 e. The smallest absolute Gasteiger partial charge is 0.0991 e. The van der Waals surface area contributed by atoms with Crippen LogP contribution in [0.4, 0.5) is 5.69 Å². The van der Waals surface area contributed by atoms with Crippen molar-refractivity contribution in [3.8, 4) is 6.07 Å². The van der Waals surface area contributed by atoms with E-state index < -0.39 is 0 Å². The molecule has 212 valence electrons. The molecule has 1 heterocycles. The van der Waals surface area contributed by atoms with Crippen LogP contribution in [0.3, 0.4) is 0 Å². The molecule has 0 spiro atoms. The van der Waals surface area contributed by atoms with E-state index in [9.17, 15) is 0 Å². The number of aryl methyl sites for hydroxylation is 3. The number of unbranched alkanes of at least 4 members (excludes halogenated alkanes) is 1. The maximum absolute atomic E-state index is 8.93. The summed E-state index contributed by atoms with van der Waals surface area (Å²) in [4.78, 5) is 4.95. The van der Waals surface area contributed by atoms with Gasteiger partial charge in [0, 0.05) is 44.5 Å². The summed E-state index contributed by atoms with van der Waals surface area (Å²) in [5.74, 6) is 0. The summed E-state index contributed by atoms with van der Waals surface area (Å²) in [5, 5.41) is 8.93. The van der Waals surface area contributed by atoms with Crippen molar-refractivity contribution in [3.05, 3.63) is 101 Å². The van der Waals surface area contributed by atoms with Crippen LogP contribution in [-0.4, -0.2) is 37.6 Å². The van der Waals surface area contributed by atoms with E-state index in [1.807, 2.05) is 70.2 Å². The minimum atomic E-state index is -0.0149. The highest BCUT2D eigenvalue weighted by Crippen LogP contribution is 2.24. The Morgan fingerprint density at radius 3 is 1.95 bits per heavy atom. The van der Waals surface area contributed by atoms with Gasteiger partial charge in [0.05, 0.1) is 11.6 Å². The van der Waals surface area contributed by atoms with E-state index >= 15 is 0 Å². The van der Waals surface area contributed by atoms with Gasteiger partial charge in [0.2, 0.25) is 0 Å². The molecule has 39 heavy (non-hydrogen) atoms. The van der Waals surface area contributed by atoms with E-state index in [0.717, 1.165) is 38.3 Å². The van der Waals surface area contributed by atoms with Crippen molar-refractivity contribution < 1.29 is 0 Å². The number of nitrogens with two attached hydrogens (primary N) is 1. The molecule has 4 heteroatoms. The molecule has 1 unspecified atom stereocenters. The summed E-state index contributed by atoms with van der Waals surface area (Å²) in [6.07, 6.45) is 3.68. The number of piperazine rings is 1. The van der Waals surface area contributed by atoms with Crippen molar-refractivity contribution in [3.63, 3.8) is 0 Å². The van der Waals surface area contributed by atoms with Crippen LogP contribution in [0.5, 0.6) is 0 Å². The third kappa shape index (κ3) is 12.1. The van der Waals surface area contributed by atoms with Crippen LogP contribution >= 0.6 is 0 Å². The summed E-state index contributed by atoms with van der Waals surface area (Å²) in [7, 11) is 0. The van der Waals surface area contributed by atoms with Gasteiger partial charge in [-0.15, -0.1) is 0 Å². The molecule has 3 aromatic carbocycles. The van der Waals surface area contributed by atoms with Gasteiger partial charge >= 0.3 is 0 Å². The third-order valence-electron chi connectivity index (χ3n) is 6.66. The third-order valence-corrected chi connectivity index (χ3v) is 6.66. The molecule has 0 bridgehead atoms. The van der Waals surface area contributed by atoms with Gasteiger partial charge < -0.3 is 10.6 Å². The summed E-state index contributed by atoms with van der Waals surface area (Å²) in [6.45, 7) is 19.5. The lowest BCUT2D eigenvalue weighted by Crippen LogP contribution is -2.48. The number of benzene rings is 3. The van der Waals surface area contributed by atoms with Gasteiger partial charge in [-0.2, -0.15) is 5.26 Å². The second-order valence-electron chi connectivity index (χ2n) is 9.51. The first kappa shape index (κ1) is 33.9. The van der Waals surface area contributed by atoms with Gasteiger partial charge in [0.15, 0.2) is 0 Å². The molecule has 0 radical (unpaired) electrons. The molecule has 1 fully saturated rings. The lowest BCUT2D eigenvalue weighted by molar-refractivity contribution is 0.243. The number of hydrogen-bond acceptors (Lipinski definition) is 4. The van der Waals surface area contributed by atoms with Gasteiger partial charge in [0.1, 0.15) is 0 Å². The molecule has 1 aliphatic heterocycles. The number of nitrogens with zero attached hydrogens (tertiary/aromatic N) is 3. The average Bonchev–Trinajstić information content (AvgIpc) is 2.99. The van der Waals surface area contributed by atoms with Crippen LogP contribution < -0.4 is 10.6 Å². The molecule has 1 saturated heterocycles. The fourth-order valence-electron chi connectivity index (χ4n) is 4.50. The van der Waals surface area contributed by atoms with Gasteiger partial charge in [-0.1, -0.05) is 101 Å². The minimum absolute atomic E-state index is 0.0149. The monoisotopic (exact) mass is 528 g/mol. The molecule has 2 N–H and O–H groups in total. The average molecular weight is 529 g/mol. The van der Waals surface area contributed by atoms with Crippen LogP contribution in [0.15, 0.2) is 72.8 Å². The summed E-state index contributed by atoms with van der Waals surface area (Å²) in [5.41, 5.74) is 13.7. The number of anilines is 1. The Morgan fingerprint density at radius 2 is 1.46 bits per heavy atom. The summed E-state index contributed by atoms with van der Waals surface area (Å²) >= 11 is 0.